The van der Waals surface area contributed by atoms with Gasteiger partial charge in [0.25, 0.3) is 0 Å². The fourth-order valence-corrected chi connectivity index (χ4v) is 3.53. The molecule has 11 nitrogen and oxygen atoms in total. The van der Waals surface area contributed by atoms with Gasteiger partial charge < -0.3 is 30.1 Å². The maximum Gasteiger partial charge on any atom is 0.414 e. The van der Waals surface area contributed by atoms with E-state index in [4.69, 9.17) is 44.3 Å². The lowest BCUT2D eigenvalue weighted by atomic mass is 10.2. The first kappa shape index (κ1) is 34.4. The number of pyridine rings is 1. The number of carboxylic acid groups (broad SMARTS) is 4. The van der Waals surface area contributed by atoms with E-state index in [1.54, 1.807) is 11.8 Å². The summed E-state index contributed by atoms with van der Waals surface area (Å²) in [4.78, 5) is 45.5. The lowest BCUT2D eigenvalue weighted by Crippen LogP contribution is -2.28. The molecule has 210 valence electrons. The Hall–Kier alpha value is -3.64. The standard InChI is InChI=1S/C22H32N2OS.2C2H2O4/c1-3-5-16-24(17-6-4-2)18-7-19-25-20-8-10-21(11-9-20)26-22-12-14-23-15-13-22;2*3-1(4)2(5)6/h8-15H,3-7,16-19H2,1-2H3;2*(H,3,4)(H,5,6). The Morgan fingerprint density at radius 3 is 1.55 bits per heavy atom. The van der Waals surface area contributed by atoms with Crippen LogP contribution in [-0.2, 0) is 19.2 Å². The Morgan fingerprint density at radius 2 is 1.13 bits per heavy atom. The van der Waals surface area contributed by atoms with Crippen LogP contribution in [0.25, 0.3) is 0 Å². The van der Waals surface area contributed by atoms with Crippen molar-refractivity contribution in [2.45, 2.75) is 55.7 Å². The van der Waals surface area contributed by atoms with Crippen molar-refractivity contribution in [2.24, 2.45) is 0 Å². The second-order valence-corrected chi connectivity index (χ2v) is 8.87. The minimum atomic E-state index is -1.82. The molecule has 0 fully saturated rings. The van der Waals surface area contributed by atoms with Gasteiger partial charge in [0.05, 0.1) is 6.61 Å². The third-order valence-electron chi connectivity index (χ3n) is 4.62. The van der Waals surface area contributed by atoms with Crippen LogP contribution in [0, 0.1) is 0 Å². The first-order valence-corrected chi connectivity index (χ1v) is 12.9. The molecule has 12 heteroatoms. The summed E-state index contributed by atoms with van der Waals surface area (Å²) in [7, 11) is 0. The van der Waals surface area contributed by atoms with Crippen LogP contribution in [0.3, 0.4) is 0 Å². The Bertz CT molecular complexity index is 901. The number of aliphatic carboxylic acids is 4. The van der Waals surface area contributed by atoms with E-state index in [-0.39, 0.29) is 0 Å². The molecule has 0 aliphatic rings. The summed E-state index contributed by atoms with van der Waals surface area (Å²) < 4.78 is 5.92. The van der Waals surface area contributed by atoms with Crippen molar-refractivity contribution in [1.29, 1.82) is 0 Å². The smallest absolute Gasteiger partial charge is 0.414 e. The van der Waals surface area contributed by atoms with Crippen LogP contribution in [-0.4, -0.2) is 80.4 Å². The Kier molecular flexibility index (Phi) is 19.4. The fraction of sp³-hybridized carbons (Fsp3) is 0.423. The number of carbonyl (C=O) groups is 4. The minimum absolute atomic E-state index is 0.783. The highest BCUT2D eigenvalue weighted by atomic mass is 32.2. The fourth-order valence-electron chi connectivity index (χ4n) is 2.72. The average molecular weight is 553 g/mol. The van der Waals surface area contributed by atoms with Gasteiger partial charge in [0, 0.05) is 28.7 Å². The van der Waals surface area contributed by atoms with Crippen molar-refractivity contribution in [1.82, 2.24) is 9.88 Å². The summed E-state index contributed by atoms with van der Waals surface area (Å²) in [5, 5.41) is 29.6. The summed E-state index contributed by atoms with van der Waals surface area (Å²) in [6.07, 6.45) is 9.85. The second kappa shape index (κ2) is 21.4. The molecular formula is C26H36N2O9S. The van der Waals surface area contributed by atoms with E-state index >= 15 is 0 Å². The largest absolute Gasteiger partial charge is 0.494 e. The van der Waals surface area contributed by atoms with Crippen LogP contribution in [0.4, 0.5) is 0 Å². The van der Waals surface area contributed by atoms with Crippen molar-refractivity contribution >= 4 is 35.6 Å². The van der Waals surface area contributed by atoms with Gasteiger partial charge in [0.1, 0.15) is 5.75 Å². The van der Waals surface area contributed by atoms with Crippen molar-refractivity contribution in [2.75, 3.05) is 26.2 Å². The van der Waals surface area contributed by atoms with Crippen LogP contribution < -0.4 is 4.74 Å². The van der Waals surface area contributed by atoms with Gasteiger partial charge in [-0.25, -0.2) is 19.2 Å². The van der Waals surface area contributed by atoms with E-state index in [0.29, 0.717) is 0 Å². The quantitative estimate of drug-likeness (QED) is 0.206. The van der Waals surface area contributed by atoms with Crippen molar-refractivity contribution in [3.05, 3.63) is 48.8 Å². The van der Waals surface area contributed by atoms with Gasteiger partial charge in [-0.05, 0) is 68.8 Å². The molecule has 0 unspecified atom stereocenters. The number of carboxylic acids is 4. The molecule has 0 amide bonds. The van der Waals surface area contributed by atoms with Crippen LogP contribution >= 0.6 is 11.8 Å². The Labute approximate surface area is 226 Å². The molecule has 0 spiro atoms. The molecule has 2 rings (SSSR count). The summed E-state index contributed by atoms with van der Waals surface area (Å²) in [6.45, 7) is 8.88. The van der Waals surface area contributed by atoms with Gasteiger partial charge in [-0.15, -0.1) is 0 Å². The van der Waals surface area contributed by atoms with E-state index in [1.165, 1.54) is 48.6 Å². The van der Waals surface area contributed by atoms with Gasteiger partial charge in [-0.1, -0.05) is 38.5 Å². The number of benzene rings is 1. The minimum Gasteiger partial charge on any atom is -0.494 e. The van der Waals surface area contributed by atoms with E-state index in [0.717, 1.165) is 25.3 Å². The summed E-state index contributed by atoms with van der Waals surface area (Å²) >= 11 is 1.74. The Balaban J connectivity index is 0.000000948. The van der Waals surface area contributed by atoms with Crippen LogP contribution in [0.15, 0.2) is 58.6 Å². The molecule has 0 aliphatic carbocycles. The molecular weight excluding hydrogens is 516 g/mol. The van der Waals surface area contributed by atoms with Gasteiger partial charge in [0.15, 0.2) is 0 Å². The third-order valence-corrected chi connectivity index (χ3v) is 5.63. The van der Waals surface area contributed by atoms with Crippen LogP contribution in [0.5, 0.6) is 5.75 Å². The number of ether oxygens (including phenoxy) is 1. The van der Waals surface area contributed by atoms with Crippen molar-refractivity contribution in [3.63, 3.8) is 0 Å². The lowest BCUT2D eigenvalue weighted by molar-refractivity contribution is -0.159. The summed E-state index contributed by atoms with van der Waals surface area (Å²) in [5.74, 6) is -6.34. The molecule has 0 aliphatic heterocycles. The molecule has 0 radical (unpaired) electrons. The third kappa shape index (κ3) is 18.6. The number of rotatable bonds is 13. The van der Waals surface area contributed by atoms with Crippen molar-refractivity contribution in [3.8, 4) is 5.75 Å². The molecule has 4 N–H and O–H groups in total. The van der Waals surface area contributed by atoms with E-state index in [1.807, 2.05) is 24.5 Å². The first-order chi connectivity index (χ1) is 18.1. The molecule has 0 bridgehead atoms. The van der Waals surface area contributed by atoms with E-state index in [2.05, 4.69) is 48.0 Å². The maximum atomic E-state index is 9.10. The first-order valence-electron chi connectivity index (χ1n) is 12.1. The molecule has 1 heterocycles. The SMILES string of the molecule is CCCCN(CCCC)CCCOc1ccc(Sc2ccncc2)cc1.O=C(O)C(=O)O.O=C(O)C(=O)O. The predicted octanol–water partition coefficient (Wildman–Crippen LogP) is 4.22. The molecule has 1 aromatic heterocycles. The normalized spacial score (nSPS) is 9.87. The highest BCUT2D eigenvalue weighted by Gasteiger charge is 2.05. The zero-order chi connectivity index (χ0) is 28.8. The Morgan fingerprint density at radius 1 is 0.711 bits per heavy atom. The molecule has 0 saturated heterocycles. The molecule has 0 atom stereocenters. The lowest BCUT2D eigenvalue weighted by Gasteiger charge is -2.21. The zero-order valence-corrected chi connectivity index (χ0v) is 22.4. The van der Waals surface area contributed by atoms with Gasteiger partial charge >= 0.3 is 23.9 Å². The molecule has 0 saturated carbocycles. The topological polar surface area (TPSA) is 175 Å². The number of aromatic nitrogens is 1. The summed E-state index contributed by atoms with van der Waals surface area (Å²) in [5.41, 5.74) is 0. The molecule has 38 heavy (non-hydrogen) atoms. The molecule has 2 aromatic rings. The van der Waals surface area contributed by atoms with E-state index < -0.39 is 23.9 Å². The van der Waals surface area contributed by atoms with Crippen molar-refractivity contribution < 1.29 is 44.3 Å². The van der Waals surface area contributed by atoms with Crippen LogP contribution in [0.1, 0.15) is 46.0 Å². The number of nitrogens with zero attached hydrogens (tertiary/aromatic N) is 2. The number of unbranched alkanes of at least 4 members (excludes halogenated alkanes) is 2. The van der Waals surface area contributed by atoms with Gasteiger partial charge in [-0.3, -0.25) is 4.98 Å². The monoisotopic (exact) mass is 552 g/mol. The zero-order valence-electron chi connectivity index (χ0n) is 21.6. The van der Waals surface area contributed by atoms with Gasteiger partial charge in [0.2, 0.25) is 0 Å². The highest BCUT2D eigenvalue weighted by Crippen LogP contribution is 2.28. The maximum absolute atomic E-state index is 9.10. The second-order valence-electron chi connectivity index (χ2n) is 7.73. The number of hydrogen-bond donors (Lipinski definition) is 4. The summed E-state index contributed by atoms with van der Waals surface area (Å²) in [6, 6.07) is 12.4. The predicted molar refractivity (Wildman–Crippen MR) is 142 cm³/mol. The average Bonchev–Trinajstić information content (AvgIpc) is 2.89. The molecule has 1 aromatic carbocycles. The van der Waals surface area contributed by atoms with Crippen LogP contribution in [0.2, 0.25) is 0 Å². The highest BCUT2D eigenvalue weighted by molar-refractivity contribution is 7.99. The van der Waals surface area contributed by atoms with E-state index in [9.17, 15) is 0 Å². The van der Waals surface area contributed by atoms with Gasteiger partial charge in [-0.2, -0.15) is 0 Å². The number of hydrogen-bond acceptors (Lipinski definition) is 8.